The summed E-state index contributed by atoms with van der Waals surface area (Å²) < 4.78 is 5.43. The van der Waals surface area contributed by atoms with Crippen LogP contribution < -0.4 is 0 Å². The Morgan fingerprint density at radius 3 is 2.66 bits per heavy atom. The summed E-state index contributed by atoms with van der Waals surface area (Å²) in [5, 5.41) is 0. The van der Waals surface area contributed by atoms with Crippen LogP contribution in [0.15, 0.2) is 12.1 Å². The van der Waals surface area contributed by atoms with Gasteiger partial charge in [0.15, 0.2) is 0 Å². The lowest BCUT2D eigenvalue weighted by molar-refractivity contribution is -0.136. The predicted molar refractivity (Wildman–Crippen MR) is 114 cm³/mol. The molecule has 0 bridgehead atoms. The Balaban J connectivity index is 1.36. The number of nitrogens with zero attached hydrogens (tertiary/aromatic N) is 3. The SMILES string of the molecule is Cc1ccc(C(=O)N2CCCC(N(CCCN3CCOCC3)C(=O)C3CC3)C2)s1. The first-order valence-corrected chi connectivity index (χ1v) is 11.9. The summed E-state index contributed by atoms with van der Waals surface area (Å²) in [4.78, 5) is 34.5. The highest BCUT2D eigenvalue weighted by Gasteiger charge is 2.38. The first-order chi connectivity index (χ1) is 14.1. The standard InChI is InChI=1S/C22H33N3O3S/c1-17-5-8-20(29-17)22(27)24-10-2-4-19(16-24)25(21(26)18-6-7-18)11-3-9-23-12-14-28-15-13-23/h5,8,18-19H,2-4,6-7,9-16H2,1H3. The smallest absolute Gasteiger partial charge is 0.263 e. The molecule has 3 heterocycles. The Kier molecular flexibility index (Phi) is 6.88. The molecule has 1 aromatic rings. The molecule has 2 aliphatic heterocycles. The molecule has 0 N–H and O–H groups in total. The summed E-state index contributed by atoms with van der Waals surface area (Å²) in [6, 6.07) is 4.10. The van der Waals surface area contributed by atoms with E-state index in [-0.39, 0.29) is 17.9 Å². The van der Waals surface area contributed by atoms with Crippen LogP contribution in [0.1, 0.15) is 46.7 Å². The third kappa shape index (κ3) is 5.38. The van der Waals surface area contributed by atoms with Crippen molar-refractivity contribution in [3.8, 4) is 0 Å². The summed E-state index contributed by atoms with van der Waals surface area (Å²) in [5.41, 5.74) is 0. The van der Waals surface area contributed by atoms with Gasteiger partial charge in [-0.1, -0.05) is 0 Å². The zero-order chi connectivity index (χ0) is 20.2. The second-order valence-electron chi connectivity index (χ2n) is 8.57. The summed E-state index contributed by atoms with van der Waals surface area (Å²) in [5.74, 6) is 0.669. The topological polar surface area (TPSA) is 53.1 Å². The lowest BCUT2D eigenvalue weighted by atomic mass is 10.0. The van der Waals surface area contributed by atoms with Gasteiger partial charge in [0, 0.05) is 56.1 Å². The zero-order valence-electron chi connectivity index (χ0n) is 17.5. The Bertz CT molecular complexity index is 712. The monoisotopic (exact) mass is 419 g/mol. The van der Waals surface area contributed by atoms with E-state index in [2.05, 4.69) is 9.80 Å². The lowest BCUT2D eigenvalue weighted by Gasteiger charge is -2.40. The molecule has 7 heteroatoms. The van der Waals surface area contributed by atoms with E-state index in [1.807, 2.05) is 24.0 Å². The number of hydrogen-bond donors (Lipinski definition) is 0. The van der Waals surface area contributed by atoms with Crippen molar-refractivity contribution in [2.45, 2.75) is 45.1 Å². The van der Waals surface area contributed by atoms with Crippen LogP contribution in [0.3, 0.4) is 0 Å². The molecule has 6 nitrogen and oxygen atoms in total. The highest BCUT2D eigenvalue weighted by atomic mass is 32.1. The van der Waals surface area contributed by atoms with Crippen LogP contribution in [-0.4, -0.2) is 85.0 Å². The van der Waals surface area contributed by atoms with Crippen molar-refractivity contribution in [3.05, 3.63) is 21.9 Å². The number of aryl methyl sites for hydroxylation is 1. The van der Waals surface area contributed by atoms with Gasteiger partial charge in [0.2, 0.25) is 5.91 Å². The molecule has 160 valence electrons. The maximum absolute atomic E-state index is 13.0. The van der Waals surface area contributed by atoms with Crippen molar-refractivity contribution in [2.24, 2.45) is 5.92 Å². The summed E-state index contributed by atoms with van der Waals surface area (Å²) in [7, 11) is 0. The van der Waals surface area contributed by atoms with E-state index < -0.39 is 0 Å². The molecule has 29 heavy (non-hydrogen) atoms. The van der Waals surface area contributed by atoms with Crippen LogP contribution in [0.5, 0.6) is 0 Å². The number of hydrogen-bond acceptors (Lipinski definition) is 5. The van der Waals surface area contributed by atoms with Gasteiger partial charge in [-0.3, -0.25) is 14.5 Å². The molecule has 0 aromatic carbocycles. The Hall–Kier alpha value is -1.44. The van der Waals surface area contributed by atoms with Gasteiger partial charge in [-0.2, -0.15) is 0 Å². The number of carbonyl (C=O) groups is 2. The maximum atomic E-state index is 13.0. The first-order valence-electron chi connectivity index (χ1n) is 11.1. The fraction of sp³-hybridized carbons (Fsp3) is 0.727. The predicted octanol–water partition coefficient (Wildman–Crippen LogP) is 2.62. The van der Waals surface area contributed by atoms with Gasteiger partial charge in [0.25, 0.3) is 5.91 Å². The third-order valence-electron chi connectivity index (χ3n) is 6.26. The summed E-state index contributed by atoms with van der Waals surface area (Å²) in [6.45, 7) is 8.92. The molecular weight excluding hydrogens is 386 g/mol. The molecule has 1 saturated carbocycles. The molecular formula is C22H33N3O3S. The molecule has 0 spiro atoms. The van der Waals surface area contributed by atoms with Gasteiger partial charge in [0.05, 0.1) is 18.1 Å². The second kappa shape index (κ2) is 9.58. The van der Waals surface area contributed by atoms with Gasteiger partial charge < -0.3 is 14.5 Å². The molecule has 1 aliphatic carbocycles. The number of amides is 2. The molecule has 2 saturated heterocycles. The van der Waals surface area contributed by atoms with Crippen molar-refractivity contribution in [3.63, 3.8) is 0 Å². The van der Waals surface area contributed by atoms with Gasteiger partial charge in [-0.25, -0.2) is 0 Å². The van der Waals surface area contributed by atoms with Gasteiger partial charge >= 0.3 is 0 Å². The van der Waals surface area contributed by atoms with E-state index in [9.17, 15) is 9.59 Å². The highest BCUT2D eigenvalue weighted by Crippen LogP contribution is 2.33. The van der Waals surface area contributed by atoms with E-state index in [0.29, 0.717) is 12.5 Å². The van der Waals surface area contributed by atoms with E-state index >= 15 is 0 Å². The second-order valence-corrected chi connectivity index (χ2v) is 9.86. The maximum Gasteiger partial charge on any atom is 0.263 e. The van der Waals surface area contributed by atoms with Crippen LogP contribution in [0.25, 0.3) is 0 Å². The van der Waals surface area contributed by atoms with E-state index in [1.54, 1.807) is 11.3 Å². The Morgan fingerprint density at radius 2 is 1.97 bits per heavy atom. The molecule has 1 aromatic heterocycles. The minimum Gasteiger partial charge on any atom is -0.379 e. The van der Waals surface area contributed by atoms with Crippen molar-refractivity contribution in [2.75, 3.05) is 52.5 Å². The van der Waals surface area contributed by atoms with E-state index in [4.69, 9.17) is 4.74 Å². The number of likely N-dealkylation sites (tertiary alicyclic amines) is 1. The molecule has 1 unspecified atom stereocenters. The number of rotatable bonds is 7. The zero-order valence-corrected chi connectivity index (χ0v) is 18.3. The van der Waals surface area contributed by atoms with Crippen LogP contribution in [0.4, 0.5) is 0 Å². The Morgan fingerprint density at radius 1 is 1.17 bits per heavy atom. The molecule has 3 fully saturated rings. The summed E-state index contributed by atoms with van der Waals surface area (Å²) >= 11 is 1.56. The number of ether oxygens (including phenoxy) is 1. The van der Waals surface area contributed by atoms with E-state index in [0.717, 1.165) is 87.8 Å². The number of morpholine rings is 1. The Labute approximate surface area is 177 Å². The first kappa shape index (κ1) is 20.8. The van der Waals surface area contributed by atoms with Gasteiger partial charge in [-0.05, 0) is 51.2 Å². The quantitative estimate of drug-likeness (QED) is 0.682. The fourth-order valence-electron chi connectivity index (χ4n) is 4.43. The van der Waals surface area contributed by atoms with Crippen LogP contribution >= 0.6 is 11.3 Å². The van der Waals surface area contributed by atoms with Crippen molar-refractivity contribution in [1.82, 2.24) is 14.7 Å². The average Bonchev–Trinajstić information content (AvgIpc) is 3.52. The fourth-order valence-corrected chi connectivity index (χ4v) is 5.26. The van der Waals surface area contributed by atoms with Crippen LogP contribution in [-0.2, 0) is 9.53 Å². The van der Waals surface area contributed by atoms with E-state index in [1.165, 1.54) is 0 Å². The van der Waals surface area contributed by atoms with Gasteiger partial charge in [-0.15, -0.1) is 11.3 Å². The van der Waals surface area contributed by atoms with Gasteiger partial charge in [0.1, 0.15) is 0 Å². The summed E-state index contributed by atoms with van der Waals surface area (Å²) in [6.07, 6.45) is 5.03. The number of carbonyl (C=O) groups excluding carboxylic acids is 2. The highest BCUT2D eigenvalue weighted by molar-refractivity contribution is 7.13. The van der Waals surface area contributed by atoms with Crippen molar-refractivity contribution >= 4 is 23.2 Å². The molecule has 4 rings (SSSR count). The minimum atomic E-state index is 0.125. The largest absolute Gasteiger partial charge is 0.379 e. The lowest BCUT2D eigenvalue weighted by Crippen LogP contribution is -2.52. The molecule has 2 amide bonds. The molecule has 1 atom stereocenters. The van der Waals surface area contributed by atoms with Crippen molar-refractivity contribution in [1.29, 1.82) is 0 Å². The van der Waals surface area contributed by atoms with Crippen LogP contribution in [0.2, 0.25) is 0 Å². The molecule has 3 aliphatic rings. The molecule has 0 radical (unpaired) electrons. The van der Waals surface area contributed by atoms with Crippen LogP contribution in [0, 0.1) is 12.8 Å². The minimum absolute atomic E-state index is 0.125. The number of thiophene rings is 1. The normalized spacial score (nSPS) is 23.2. The average molecular weight is 420 g/mol. The number of piperidine rings is 1. The van der Waals surface area contributed by atoms with Crippen molar-refractivity contribution < 1.29 is 14.3 Å². The third-order valence-corrected chi connectivity index (χ3v) is 7.25.